The molecule has 0 heterocycles. The smallest absolute Gasteiger partial charge is 0.344 e. The molecule has 0 spiro atoms. The molecule has 1 saturated carbocycles. The minimum atomic E-state index is -1.32. The van der Waals surface area contributed by atoms with Crippen LogP contribution in [0.4, 0.5) is 0 Å². The summed E-state index contributed by atoms with van der Waals surface area (Å²) in [6.07, 6.45) is 4.49. The molecule has 1 fully saturated rings. The van der Waals surface area contributed by atoms with Crippen LogP contribution in [-0.4, -0.2) is 23.7 Å². The lowest BCUT2D eigenvalue weighted by Gasteiger charge is -2.37. The third-order valence-electron chi connectivity index (χ3n) is 4.39. The fourth-order valence-electron chi connectivity index (χ4n) is 3.21. The van der Waals surface area contributed by atoms with Crippen molar-refractivity contribution in [2.45, 2.75) is 46.5 Å². The Morgan fingerprint density at radius 2 is 2.00 bits per heavy atom. The van der Waals surface area contributed by atoms with E-state index in [1.807, 2.05) is 0 Å². The van der Waals surface area contributed by atoms with Gasteiger partial charge in [-0.25, -0.2) is 9.59 Å². The Balaban J connectivity index is 2.44. The molecule has 1 aliphatic rings. The molecule has 4 nitrogen and oxygen atoms in total. The first-order valence-electron chi connectivity index (χ1n) is 7.42. The molecule has 0 aromatic carbocycles. The van der Waals surface area contributed by atoms with E-state index >= 15 is 0 Å². The number of carboxylic acid groups (broad SMARTS) is 1. The Bertz CT molecular complexity index is 373. The lowest BCUT2D eigenvalue weighted by atomic mass is 9.69. The second-order valence-electron chi connectivity index (χ2n) is 6.29. The maximum absolute atomic E-state index is 11.4. The van der Waals surface area contributed by atoms with E-state index in [1.165, 1.54) is 19.3 Å². The Morgan fingerprint density at radius 1 is 1.35 bits per heavy atom. The molecule has 0 saturated heterocycles. The van der Waals surface area contributed by atoms with E-state index < -0.39 is 17.5 Å². The fourth-order valence-corrected chi connectivity index (χ4v) is 3.21. The van der Waals surface area contributed by atoms with Crippen molar-refractivity contribution in [2.75, 3.05) is 6.61 Å². The molecule has 1 aliphatic carbocycles. The molecule has 1 N–H and O–H groups in total. The van der Waals surface area contributed by atoms with Crippen LogP contribution in [-0.2, 0) is 14.3 Å². The average molecular weight is 282 g/mol. The Labute approximate surface area is 121 Å². The Hall–Kier alpha value is -1.32. The van der Waals surface area contributed by atoms with Gasteiger partial charge >= 0.3 is 11.9 Å². The summed E-state index contributed by atoms with van der Waals surface area (Å²) in [6, 6.07) is 0. The number of ether oxygens (including phenoxy) is 1. The third kappa shape index (κ3) is 4.66. The van der Waals surface area contributed by atoms with Gasteiger partial charge in [0, 0.05) is 0 Å². The first-order chi connectivity index (χ1) is 9.32. The molecule has 0 aromatic heterocycles. The first-order valence-corrected chi connectivity index (χ1v) is 7.42. The van der Waals surface area contributed by atoms with Crippen LogP contribution in [0.1, 0.15) is 46.5 Å². The van der Waals surface area contributed by atoms with Crippen LogP contribution in [0.3, 0.4) is 0 Å². The van der Waals surface area contributed by atoms with Gasteiger partial charge in [0.05, 0.1) is 6.61 Å². The van der Waals surface area contributed by atoms with E-state index in [-0.39, 0.29) is 6.61 Å². The molecule has 0 bridgehead atoms. The third-order valence-corrected chi connectivity index (χ3v) is 4.39. The lowest BCUT2D eigenvalue weighted by molar-refractivity contribution is -0.144. The van der Waals surface area contributed by atoms with Crippen LogP contribution in [0.15, 0.2) is 12.2 Å². The van der Waals surface area contributed by atoms with Gasteiger partial charge in [-0.15, -0.1) is 0 Å². The van der Waals surface area contributed by atoms with Crippen LogP contribution >= 0.6 is 0 Å². The van der Waals surface area contributed by atoms with Crippen LogP contribution in [0.25, 0.3) is 0 Å². The quantitative estimate of drug-likeness (QED) is 0.351. The highest BCUT2D eigenvalue weighted by Gasteiger charge is 2.30. The van der Waals surface area contributed by atoms with Crippen molar-refractivity contribution in [2.24, 2.45) is 23.7 Å². The van der Waals surface area contributed by atoms with E-state index in [9.17, 15) is 9.59 Å². The predicted octanol–water partition coefficient (Wildman–Crippen LogP) is 3.27. The second-order valence-corrected chi connectivity index (χ2v) is 6.29. The number of esters is 1. The maximum atomic E-state index is 11.4. The standard InChI is InChI=1S/C16H26O4/c1-10(2)14-6-5-11(3)9-13(14)7-8-20-16(19)12(4)15(17)18/h10-11,13-14H,4-9H2,1-3H3,(H,17,18). The molecule has 114 valence electrons. The molecular formula is C16H26O4. The number of hydrogen-bond donors (Lipinski definition) is 1. The van der Waals surface area contributed by atoms with Crippen molar-refractivity contribution in [3.63, 3.8) is 0 Å². The summed E-state index contributed by atoms with van der Waals surface area (Å²) in [7, 11) is 0. The van der Waals surface area contributed by atoms with Gasteiger partial charge in [-0.05, 0) is 42.9 Å². The Kier molecular flexibility index (Phi) is 6.24. The summed E-state index contributed by atoms with van der Waals surface area (Å²) in [4.78, 5) is 22.0. The summed E-state index contributed by atoms with van der Waals surface area (Å²) in [5.41, 5.74) is -0.498. The van der Waals surface area contributed by atoms with Gasteiger partial charge in [0.15, 0.2) is 0 Å². The van der Waals surface area contributed by atoms with Crippen LogP contribution in [0.5, 0.6) is 0 Å². The van der Waals surface area contributed by atoms with Crippen molar-refractivity contribution in [3.8, 4) is 0 Å². The lowest BCUT2D eigenvalue weighted by Crippen LogP contribution is -2.29. The van der Waals surface area contributed by atoms with Crippen LogP contribution in [0, 0.1) is 23.7 Å². The molecule has 0 aliphatic heterocycles. The summed E-state index contributed by atoms with van der Waals surface area (Å²) in [6.45, 7) is 10.2. The van der Waals surface area contributed by atoms with E-state index in [0.29, 0.717) is 17.8 Å². The predicted molar refractivity (Wildman–Crippen MR) is 77.2 cm³/mol. The number of carbonyl (C=O) groups is 2. The molecule has 20 heavy (non-hydrogen) atoms. The topological polar surface area (TPSA) is 63.6 Å². The molecule has 0 aromatic rings. The first kappa shape index (κ1) is 16.7. The summed E-state index contributed by atoms with van der Waals surface area (Å²) < 4.78 is 5.01. The van der Waals surface area contributed by atoms with Crippen LogP contribution in [0.2, 0.25) is 0 Å². The number of carbonyl (C=O) groups excluding carboxylic acids is 1. The van der Waals surface area contributed by atoms with E-state index in [1.54, 1.807) is 0 Å². The Morgan fingerprint density at radius 3 is 2.55 bits per heavy atom. The molecule has 0 amide bonds. The highest BCUT2D eigenvalue weighted by Crippen LogP contribution is 2.39. The zero-order chi connectivity index (χ0) is 15.3. The molecule has 3 atom stereocenters. The number of aliphatic carboxylic acids is 1. The van der Waals surface area contributed by atoms with E-state index in [4.69, 9.17) is 9.84 Å². The van der Waals surface area contributed by atoms with Gasteiger partial charge in [-0.3, -0.25) is 0 Å². The van der Waals surface area contributed by atoms with E-state index in [0.717, 1.165) is 12.3 Å². The van der Waals surface area contributed by atoms with Gasteiger partial charge < -0.3 is 9.84 Å². The largest absolute Gasteiger partial charge is 0.477 e. The van der Waals surface area contributed by atoms with Crippen molar-refractivity contribution >= 4 is 11.9 Å². The molecular weight excluding hydrogens is 256 g/mol. The van der Waals surface area contributed by atoms with E-state index in [2.05, 4.69) is 27.4 Å². The molecule has 3 unspecified atom stereocenters. The highest BCUT2D eigenvalue weighted by molar-refractivity contribution is 6.12. The summed E-state index contributed by atoms with van der Waals surface area (Å²) in [5, 5.41) is 8.65. The summed E-state index contributed by atoms with van der Waals surface area (Å²) in [5.74, 6) is 0.456. The monoisotopic (exact) mass is 282 g/mol. The number of carboxylic acids is 1. The van der Waals surface area contributed by atoms with Gasteiger partial charge in [0.1, 0.15) is 5.57 Å². The molecule has 1 rings (SSSR count). The molecule has 4 heteroatoms. The average Bonchev–Trinajstić information content (AvgIpc) is 2.37. The zero-order valence-electron chi connectivity index (χ0n) is 12.7. The van der Waals surface area contributed by atoms with Crippen LogP contribution < -0.4 is 0 Å². The van der Waals surface area contributed by atoms with Gasteiger partial charge in [-0.1, -0.05) is 33.8 Å². The maximum Gasteiger partial charge on any atom is 0.344 e. The normalized spacial score (nSPS) is 26.3. The van der Waals surface area contributed by atoms with Gasteiger partial charge in [-0.2, -0.15) is 0 Å². The van der Waals surface area contributed by atoms with Crippen molar-refractivity contribution in [1.29, 1.82) is 0 Å². The zero-order valence-corrected chi connectivity index (χ0v) is 12.7. The summed E-state index contributed by atoms with van der Waals surface area (Å²) >= 11 is 0. The van der Waals surface area contributed by atoms with Gasteiger partial charge in [0.2, 0.25) is 0 Å². The minimum absolute atomic E-state index is 0.283. The second kappa shape index (κ2) is 7.46. The minimum Gasteiger partial charge on any atom is -0.477 e. The van der Waals surface area contributed by atoms with Crippen molar-refractivity contribution < 1.29 is 19.4 Å². The van der Waals surface area contributed by atoms with Crippen molar-refractivity contribution in [1.82, 2.24) is 0 Å². The highest BCUT2D eigenvalue weighted by atomic mass is 16.5. The number of hydrogen-bond acceptors (Lipinski definition) is 3. The number of rotatable bonds is 6. The van der Waals surface area contributed by atoms with Crippen molar-refractivity contribution in [3.05, 3.63) is 12.2 Å². The SMILES string of the molecule is C=C(C(=O)O)C(=O)OCCC1CC(C)CCC1C(C)C. The molecule has 0 radical (unpaired) electrons. The fraction of sp³-hybridized carbons (Fsp3) is 0.750. The van der Waals surface area contributed by atoms with Gasteiger partial charge in [0.25, 0.3) is 0 Å².